The van der Waals surface area contributed by atoms with Crippen LogP contribution in [-0.2, 0) is 6.54 Å². The molecule has 3 heterocycles. The van der Waals surface area contributed by atoms with Crippen LogP contribution in [0.25, 0.3) is 0 Å². The lowest BCUT2D eigenvalue weighted by Gasteiger charge is -2.17. The second-order valence-electron chi connectivity index (χ2n) is 4.90. The van der Waals surface area contributed by atoms with Crippen molar-refractivity contribution >= 4 is 29.0 Å². The van der Waals surface area contributed by atoms with Gasteiger partial charge in [0, 0.05) is 17.8 Å². The normalized spacial score (nSPS) is 17.5. The third kappa shape index (κ3) is 3.86. The molecular formula is C14H15ClN4O2S. The first-order valence-electron chi connectivity index (χ1n) is 6.90. The summed E-state index contributed by atoms with van der Waals surface area (Å²) in [5.74, 6) is 0. The van der Waals surface area contributed by atoms with Gasteiger partial charge in [0.05, 0.1) is 30.5 Å². The van der Waals surface area contributed by atoms with E-state index in [4.69, 9.17) is 16.3 Å². The van der Waals surface area contributed by atoms with E-state index in [0.29, 0.717) is 24.7 Å². The van der Waals surface area contributed by atoms with Crippen molar-refractivity contribution < 1.29 is 9.53 Å². The molecule has 1 aliphatic heterocycles. The molecule has 6 nitrogen and oxygen atoms in total. The molecule has 3 rings (SSSR count). The number of amides is 2. The highest BCUT2D eigenvalue weighted by Gasteiger charge is 2.28. The van der Waals surface area contributed by atoms with E-state index in [9.17, 15) is 4.79 Å². The maximum Gasteiger partial charge on any atom is 0.317 e. The molecule has 0 spiro atoms. The maximum atomic E-state index is 12.1. The fraction of sp³-hybridized carbons (Fsp3) is 0.357. The van der Waals surface area contributed by atoms with E-state index < -0.39 is 0 Å². The number of nitrogens with zero attached hydrogens (tertiary/aromatic N) is 3. The molecule has 2 aromatic rings. The number of rotatable bonds is 4. The fourth-order valence-corrected chi connectivity index (χ4v) is 2.95. The van der Waals surface area contributed by atoms with Gasteiger partial charge in [0.25, 0.3) is 0 Å². The first kappa shape index (κ1) is 15.1. The number of thiophene rings is 1. The number of carbonyl (C=O) groups is 1. The molecule has 1 atom stereocenters. The fourth-order valence-electron chi connectivity index (χ4n) is 2.21. The van der Waals surface area contributed by atoms with Gasteiger partial charge in [-0.2, -0.15) is 0 Å². The Morgan fingerprint density at radius 2 is 2.32 bits per heavy atom. The van der Waals surface area contributed by atoms with Gasteiger partial charge in [0.2, 0.25) is 0 Å². The zero-order chi connectivity index (χ0) is 15.4. The van der Waals surface area contributed by atoms with Crippen LogP contribution in [0.15, 0.2) is 29.9 Å². The monoisotopic (exact) mass is 338 g/mol. The van der Waals surface area contributed by atoms with E-state index in [1.54, 1.807) is 16.2 Å². The molecule has 1 aliphatic rings. The average molecular weight is 339 g/mol. The highest BCUT2D eigenvalue weighted by molar-refractivity contribution is 7.09. The molecular weight excluding hydrogens is 324 g/mol. The van der Waals surface area contributed by atoms with E-state index in [0.717, 1.165) is 11.3 Å². The number of hydrogen-bond acceptors (Lipinski definition) is 5. The summed E-state index contributed by atoms with van der Waals surface area (Å²) in [7, 11) is 0. The molecule has 0 aliphatic carbocycles. The molecule has 0 aromatic carbocycles. The minimum atomic E-state index is -0.0892. The molecule has 0 bridgehead atoms. The zero-order valence-corrected chi connectivity index (χ0v) is 13.3. The Morgan fingerprint density at radius 1 is 1.50 bits per heavy atom. The van der Waals surface area contributed by atoms with Crippen molar-refractivity contribution in [3.8, 4) is 6.01 Å². The number of hydrogen-bond donors (Lipinski definition) is 1. The van der Waals surface area contributed by atoms with Crippen LogP contribution in [0.2, 0.25) is 5.02 Å². The quantitative estimate of drug-likeness (QED) is 0.930. The lowest BCUT2D eigenvalue weighted by Crippen LogP contribution is -2.39. The molecule has 8 heteroatoms. The number of nitrogens with one attached hydrogen (secondary N) is 1. The predicted molar refractivity (Wildman–Crippen MR) is 84.2 cm³/mol. The molecule has 1 fully saturated rings. The molecule has 0 unspecified atom stereocenters. The summed E-state index contributed by atoms with van der Waals surface area (Å²) in [5, 5.41) is 5.37. The SMILES string of the molecule is O=C(NCc1cccs1)N1CC[C@@H](Oc2ncc(Cl)cn2)C1. The third-order valence-corrected chi connectivity index (χ3v) is 4.37. The second-order valence-corrected chi connectivity index (χ2v) is 6.37. The minimum Gasteiger partial charge on any atom is -0.458 e. The molecule has 1 N–H and O–H groups in total. The van der Waals surface area contributed by atoms with Crippen LogP contribution in [0.1, 0.15) is 11.3 Å². The van der Waals surface area contributed by atoms with Crippen LogP contribution in [0, 0.1) is 0 Å². The number of carbonyl (C=O) groups excluding carboxylic acids is 1. The Hall–Kier alpha value is -1.86. The van der Waals surface area contributed by atoms with Gasteiger partial charge in [-0.1, -0.05) is 17.7 Å². The van der Waals surface area contributed by atoms with Crippen molar-refractivity contribution in [2.24, 2.45) is 0 Å². The molecule has 1 saturated heterocycles. The molecule has 116 valence electrons. The smallest absolute Gasteiger partial charge is 0.317 e. The van der Waals surface area contributed by atoms with Crippen molar-refractivity contribution in [2.45, 2.75) is 19.1 Å². The summed E-state index contributed by atoms with van der Waals surface area (Å²) >= 11 is 7.35. The second kappa shape index (κ2) is 6.93. The molecule has 22 heavy (non-hydrogen) atoms. The Labute approximate surface area is 137 Å². The van der Waals surface area contributed by atoms with Gasteiger partial charge >= 0.3 is 12.0 Å². The highest BCUT2D eigenvalue weighted by Crippen LogP contribution is 2.16. The Kier molecular flexibility index (Phi) is 4.74. The summed E-state index contributed by atoms with van der Waals surface area (Å²) < 4.78 is 5.66. The van der Waals surface area contributed by atoms with E-state index in [2.05, 4.69) is 15.3 Å². The van der Waals surface area contributed by atoms with E-state index in [1.807, 2.05) is 17.5 Å². The summed E-state index contributed by atoms with van der Waals surface area (Å²) in [6, 6.07) is 4.18. The Balaban J connectivity index is 1.47. The van der Waals surface area contributed by atoms with E-state index in [1.165, 1.54) is 12.4 Å². The van der Waals surface area contributed by atoms with Crippen LogP contribution in [0.4, 0.5) is 4.79 Å². The lowest BCUT2D eigenvalue weighted by atomic mass is 10.3. The highest BCUT2D eigenvalue weighted by atomic mass is 35.5. The van der Waals surface area contributed by atoms with Crippen molar-refractivity contribution in [1.29, 1.82) is 0 Å². The van der Waals surface area contributed by atoms with Crippen molar-refractivity contribution in [3.05, 3.63) is 39.8 Å². The van der Waals surface area contributed by atoms with Gasteiger partial charge in [0.1, 0.15) is 6.10 Å². The topological polar surface area (TPSA) is 67.4 Å². The van der Waals surface area contributed by atoms with E-state index >= 15 is 0 Å². The summed E-state index contributed by atoms with van der Waals surface area (Å²) in [4.78, 5) is 23.0. The van der Waals surface area contributed by atoms with Gasteiger partial charge in [-0.05, 0) is 11.4 Å². The largest absolute Gasteiger partial charge is 0.458 e. The van der Waals surface area contributed by atoms with Crippen molar-refractivity contribution in [3.63, 3.8) is 0 Å². The lowest BCUT2D eigenvalue weighted by molar-refractivity contribution is 0.178. The van der Waals surface area contributed by atoms with Crippen molar-refractivity contribution in [2.75, 3.05) is 13.1 Å². The Bertz CT molecular complexity index is 620. The summed E-state index contributed by atoms with van der Waals surface area (Å²) in [5.41, 5.74) is 0. The molecule has 0 radical (unpaired) electrons. The number of urea groups is 1. The first-order chi connectivity index (χ1) is 10.7. The maximum absolute atomic E-state index is 12.1. The van der Waals surface area contributed by atoms with Crippen LogP contribution in [0.3, 0.4) is 0 Å². The number of likely N-dealkylation sites (tertiary alicyclic amines) is 1. The third-order valence-electron chi connectivity index (χ3n) is 3.29. The van der Waals surface area contributed by atoms with Crippen molar-refractivity contribution in [1.82, 2.24) is 20.2 Å². The summed E-state index contributed by atoms with van der Waals surface area (Å²) in [6.45, 7) is 1.75. The Morgan fingerprint density at radius 3 is 3.05 bits per heavy atom. The van der Waals surface area contributed by atoms with E-state index in [-0.39, 0.29) is 18.1 Å². The first-order valence-corrected chi connectivity index (χ1v) is 8.16. The van der Waals surface area contributed by atoms with Crippen LogP contribution < -0.4 is 10.1 Å². The van der Waals surface area contributed by atoms with Crippen LogP contribution in [0.5, 0.6) is 6.01 Å². The van der Waals surface area contributed by atoms with Gasteiger partial charge in [-0.3, -0.25) is 0 Å². The zero-order valence-electron chi connectivity index (χ0n) is 11.7. The number of halogens is 1. The standard InChI is InChI=1S/C14H15ClN4O2S/c15-10-6-16-13(17-7-10)21-11-3-4-19(9-11)14(20)18-8-12-2-1-5-22-12/h1-2,5-7,11H,3-4,8-9H2,(H,18,20)/t11-/m1/s1. The molecule has 2 amide bonds. The minimum absolute atomic E-state index is 0.0727. The van der Waals surface area contributed by atoms with Gasteiger partial charge in [-0.25, -0.2) is 14.8 Å². The number of aromatic nitrogens is 2. The van der Waals surface area contributed by atoms with Crippen LogP contribution in [-0.4, -0.2) is 40.1 Å². The molecule has 2 aromatic heterocycles. The van der Waals surface area contributed by atoms with Crippen LogP contribution >= 0.6 is 22.9 Å². The number of ether oxygens (including phenoxy) is 1. The molecule has 0 saturated carbocycles. The predicted octanol–water partition coefficient (Wildman–Crippen LogP) is 2.55. The van der Waals surface area contributed by atoms with Gasteiger partial charge in [-0.15, -0.1) is 11.3 Å². The average Bonchev–Trinajstić information content (AvgIpc) is 3.19. The van der Waals surface area contributed by atoms with Gasteiger partial charge in [0.15, 0.2) is 0 Å². The van der Waals surface area contributed by atoms with Gasteiger partial charge < -0.3 is 15.0 Å². The summed E-state index contributed by atoms with van der Waals surface area (Å²) in [6.07, 6.45) is 3.65.